The van der Waals surface area contributed by atoms with Crippen molar-refractivity contribution in [3.05, 3.63) is 52.7 Å². The topological polar surface area (TPSA) is 80.3 Å². The van der Waals surface area contributed by atoms with Gasteiger partial charge in [0.25, 0.3) is 5.91 Å². The molecular weight excluding hydrogens is 366 g/mol. The monoisotopic (exact) mass is 389 g/mol. The number of anilines is 1. The SMILES string of the molecule is CCCC(=O)Nc1ccc(CNC(=O)c2cnc(OC(C)C)c(Cl)c2)cc1. The van der Waals surface area contributed by atoms with E-state index in [9.17, 15) is 9.59 Å². The van der Waals surface area contributed by atoms with Gasteiger partial charge in [0.2, 0.25) is 11.8 Å². The van der Waals surface area contributed by atoms with Gasteiger partial charge in [-0.1, -0.05) is 30.7 Å². The van der Waals surface area contributed by atoms with Crippen LogP contribution in [0.4, 0.5) is 5.69 Å². The van der Waals surface area contributed by atoms with E-state index in [2.05, 4.69) is 15.6 Å². The number of benzene rings is 1. The Morgan fingerprint density at radius 1 is 1.22 bits per heavy atom. The molecule has 7 heteroatoms. The van der Waals surface area contributed by atoms with Gasteiger partial charge in [0.05, 0.1) is 11.7 Å². The van der Waals surface area contributed by atoms with E-state index in [0.29, 0.717) is 29.4 Å². The number of hydrogen-bond donors (Lipinski definition) is 2. The first-order valence-corrected chi connectivity index (χ1v) is 9.26. The summed E-state index contributed by atoms with van der Waals surface area (Å²) in [4.78, 5) is 28.0. The van der Waals surface area contributed by atoms with Gasteiger partial charge in [0.15, 0.2) is 0 Å². The van der Waals surface area contributed by atoms with Gasteiger partial charge in [-0.3, -0.25) is 9.59 Å². The Hall–Kier alpha value is -2.60. The number of nitrogens with one attached hydrogen (secondary N) is 2. The standard InChI is InChI=1S/C20H24ClN3O3/c1-4-5-18(25)24-16-8-6-14(7-9-16)11-22-19(26)15-10-17(21)20(23-12-15)27-13(2)3/h6-10,12-13H,4-5,11H2,1-3H3,(H,22,26)(H,24,25). The molecule has 0 spiro atoms. The van der Waals surface area contributed by atoms with Crippen molar-refractivity contribution < 1.29 is 14.3 Å². The molecule has 0 atom stereocenters. The highest BCUT2D eigenvalue weighted by Crippen LogP contribution is 2.23. The molecule has 1 aromatic heterocycles. The minimum atomic E-state index is -0.277. The van der Waals surface area contributed by atoms with E-state index >= 15 is 0 Å². The Labute approximate surface area is 164 Å². The Balaban J connectivity index is 1.91. The van der Waals surface area contributed by atoms with E-state index in [4.69, 9.17) is 16.3 Å². The second kappa shape index (κ2) is 9.92. The first-order chi connectivity index (χ1) is 12.9. The molecule has 1 aromatic carbocycles. The van der Waals surface area contributed by atoms with Crippen molar-refractivity contribution in [2.24, 2.45) is 0 Å². The summed E-state index contributed by atoms with van der Waals surface area (Å²) in [6.07, 6.45) is 2.68. The largest absolute Gasteiger partial charge is 0.474 e. The number of nitrogens with zero attached hydrogens (tertiary/aromatic N) is 1. The van der Waals surface area contributed by atoms with Crippen LogP contribution in [0.2, 0.25) is 5.02 Å². The van der Waals surface area contributed by atoms with Crippen LogP contribution in [0, 0.1) is 0 Å². The number of rotatable bonds is 8. The fourth-order valence-electron chi connectivity index (χ4n) is 2.30. The second-order valence-electron chi connectivity index (χ2n) is 6.36. The lowest BCUT2D eigenvalue weighted by molar-refractivity contribution is -0.116. The molecule has 0 aliphatic carbocycles. The van der Waals surface area contributed by atoms with Gasteiger partial charge >= 0.3 is 0 Å². The molecule has 144 valence electrons. The molecule has 0 unspecified atom stereocenters. The summed E-state index contributed by atoms with van der Waals surface area (Å²) in [6.45, 7) is 6.06. The van der Waals surface area contributed by atoms with E-state index in [1.54, 1.807) is 0 Å². The van der Waals surface area contributed by atoms with Crippen molar-refractivity contribution in [3.63, 3.8) is 0 Å². The molecule has 27 heavy (non-hydrogen) atoms. The third-order valence-electron chi connectivity index (χ3n) is 3.58. The van der Waals surface area contributed by atoms with E-state index in [0.717, 1.165) is 17.7 Å². The number of amides is 2. The molecule has 2 aromatic rings. The highest BCUT2D eigenvalue weighted by atomic mass is 35.5. The predicted octanol–water partition coefficient (Wildman–Crippen LogP) is 4.19. The van der Waals surface area contributed by atoms with Gasteiger partial charge in [0.1, 0.15) is 5.02 Å². The Kier molecular flexibility index (Phi) is 7.61. The molecule has 0 fully saturated rings. The summed E-state index contributed by atoms with van der Waals surface area (Å²) in [7, 11) is 0. The number of carbonyl (C=O) groups excluding carboxylic acids is 2. The van der Waals surface area contributed by atoms with Crippen LogP contribution in [0.3, 0.4) is 0 Å². The molecule has 0 radical (unpaired) electrons. The number of pyridine rings is 1. The fraction of sp³-hybridized carbons (Fsp3) is 0.350. The molecular formula is C20H24ClN3O3. The van der Waals surface area contributed by atoms with Crippen LogP contribution in [0.25, 0.3) is 0 Å². The van der Waals surface area contributed by atoms with Crippen molar-refractivity contribution in [3.8, 4) is 5.88 Å². The molecule has 0 aliphatic heterocycles. The lowest BCUT2D eigenvalue weighted by Crippen LogP contribution is -2.23. The average molecular weight is 390 g/mol. The molecule has 2 N–H and O–H groups in total. The number of ether oxygens (including phenoxy) is 1. The van der Waals surface area contributed by atoms with Crippen molar-refractivity contribution in [1.82, 2.24) is 10.3 Å². The molecule has 2 amide bonds. The minimum Gasteiger partial charge on any atom is -0.474 e. The Bertz CT molecular complexity index is 792. The smallest absolute Gasteiger partial charge is 0.253 e. The van der Waals surface area contributed by atoms with Gasteiger partial charge in [-0.2, -0.15) is 0 Å². The summed E-state index contributed by atoms with van der Waals surface area (Å²) < 4.78 is 5.46. The maximum absolute atomic E-state index is 12.3. The van der Waals surface area contributed by atoms with Crippen molar-refractivity contribution >= 4 is 29.1 Å². The van der Waals surface area contributed by atoms with Crippen molar-refractivity contribution in [2.75, 3.05) is 5.32 Å². The molecule has 0 aliphatic rings. The van der Waals surface area contributed by atoms with Crippen molar-refractivity contribution in [2.45, 2.75) is 46.3 Å². The maximum Gasteiger partial charge on any atom is 0.253 e. The molecule has 0 bridgehead atoms. The normalized spacial score (nSPS) is 10.6. The number of aromatic nitrogens is 1. The quantitative estimate of drug-likeness (QED) is 0.709. The second-order valence-corrected chi connectivity index (χ2v) is 6.76. The van der Waals surface area contributed by atoms with E-state index in [-0.39, 0.29) is 17.9 Å². The van der Waals surface area contributed by atoms with Gasteiger partial charge in [0, 0.05) is 24.8 Å². The summed E-state index contributed by atoms with van der Waals surface area (Å²) in [5.41, 5.74) is 2.01. The lowest BCUT2D eigenvalue weighted by atomic mass is 10.2. The van der Waals surface area contributed by atoms with Crippen LogP contribution in [0.5, 0.6) is 5.88 Å². The zero-order chi connectivity index (χ0) is 19.8. The van der Waals surface area contributed by atoms with Crippen LogP contribution in [-0.4, -0.2) is 22.9 Å². The Morgan fingerprint density at radius 2 is 1.93 bits per heavy atom. The predicted molar refractivity (Wildman–Crippen MR) is 106 cm³/mol. The number of carbonyl (C=O) groups is 2. The van der Waals surface area contributed by atoms with Gasteiger partial charge in [-0.25, -0.2) is 4.98 Å². The van der Waals surface area contributed by atoms with Crippen LogP contribution >= 0.6 is 11.6 Å². The molecule has 6 nitrogen and oxygen atoms in total. The third-order valence-corrected chi connectivity index (χ3v) is 3.86. The molecule has 2 rings (SSSR count). The third kappa shape index (κ3) is 6.57. The average Bonchev–Trinajstić information content (AvgIpc) is 2.62. The first kappa shape index (κ1) is 20.7. The fourth-order valence-corrected chi connectivity index (χ4v) is 2.51. The van der Waals surface area contributed by atoms with E-state index in [1.807, 2.05) is 45.0 Å². The number of hydrogen-bond acceptors (Lipinski definition) is 4. The Morgan fingerprint density at radius 3 is 2.52 bits per heavy atom. The van der Waals surface area contributed by atoms with Crippen molar-refractivity contribution in [1.29, 1.82) is 0 Å². The van der Waals surface area contributed by atoms with Crippen LogP contribution in [0.15, 0.2) is 36.5 Å². The highest BCUT2D eigenvalue weighted by Gasteiger charge is 2.12. The van der Waals surface area contributed by atoms with Gasteiger partial charge in [-0.05, 0) is 44.0 Å². The van der Waals surface area contributed by atoms with E-state index in [1.165, 1.54) is 12.3 Å². The molecule has 0 saturated heterocycles. The zero-order valence-corrected chi connectivity index (χ0v) is 16.5. The van der Waals surface area contributed by atoms with E-state index < -0.39 is 0 Å². The highest BCUT2D eigenvalue weighted by molar-refractivity contribution is 6.32. The van der Waals surface area contributed by atoms with Crippen LogP contribution < -0.4 is 15.4 Å². The zero-order valence-electron chi connectivity index (χ0n) is 15.7. The summed E-state index contributed by atoms with van der Waals surface area (Å²) in [6, 6.07) is 8.87. The maximum atomic E-state index is 12.3. The van der Waals surface area contributed by atoms with Crippen LogP contribution in [-0.2, 0) is 11.3 Å². The first-order valence-electron chi connectivity index (χ1n) is 8.88. The summed E-state index contributed by atoms with van der Waals surface area (Å²) >= 11 is 6.11. The van der Waals surface area contributed by atoms with Gasteiger partial charge in [-0.15, -0.1) is 0 Å². The summed E-state index contributed by atoms with van der Waals surface area (Å²) in [5.74, 6) is 0.0255. The molecule has 0 saturated carbocycles. The van der Waals surface area contributed by atoms with Gasteiger partial charge < -0.3 is 15.4 Å². The van der Waals surface area contributed by atoms with Crippen LogP contribution in [0.1, 0.15) is 49.5 Å². The molecule has 1 heterocycles. The lowest BCUT2D eigenvalue weighted by Gasteiger charge is -2.11. The number of halogens is 1. The minimum absolute atomic E-state index is 0.00664. The summed E-state index contributed by atoms with van der Waals surface area (Å²) in [5, 5.41) is 5.94.